The maximum absolute atomic E-state index is 14.0. The number of carbonyl (C=O) groups excluding carboxylic acids is 1. The highest BCUT2D eigenvalue weighted by atomic mass is 32.1. The summed E-state index contributed by atoms with van der Waals surface area (Å²) in [7, 11) is 1.63. The molecule has 3 heterocycles. The second kappa shape index (κ2) is 9.46. The minimum atomic E-state index is -0.703. The molecule has 2 aromatic heterocycles. The molecule has 1 unspecified atom stereocenters. The molecule has 0 radical (unpaired) electrons. The van der Waals surface area contributed by atoms with Crippen LogP contribution in [-0.2, 0) is 9.53 Å². The molecule has 38 heavy (non-hydrogen) atoms. The number of para-hydroxylation sites is 1. The van der Waals surface area contributed by atoms with Crippen molar-refractivity contribution in [2.75, 3.05) is 13.7 Å². The van der Waals surface area contributed by atoms with Crippen LogP contribution in [0.4, 0.5) is 0 Å². The molecular weight excluding hydrogens is 498 g/mol. The maximum atomic E-state index is 14.0. The van der Waals surface area contributed by atoms with Crippen LogP contribution >= 0.6 is 11.3 Å². The van der Waals surface area contributed by atoms with E-state index in [4.69, 9.17) is 14.5 Å². The quantitative estimate of drug-likeness (QED) is 0.345. The van der Waals surface area contributed by atoms with Gasteiger partial charge in [-0.15, -0.1) is 0 Å². The summed E-state index contributed by atoms with van der Waals surface area (Å²) in [6, 6.07) is 18.9. The minimum absolute atomic E-state index is 0.210. The van der Waals surface area contributed by atoms with Gasteiger partial charge in [-0.05, 0) is 43.0 Å². The van der Waals surface area contributed by atoms with Crippen molar-refractivity contribution < 1.29 is 14.3 Å². The molecule has 3 aromatic carbocycles. The van der Waals surface area contributed by atoms with Gasteiger partial charge in [-0.1, -0.05) is 59.9 Å². The number of rotatable bonds is 5. The fraction of sp³-hybridized carbons (Fsp3) is 0.167. The van der Waals surface area contributed by atoms with Crippen LogP contribution < -0.4 is 19.6 Å². The fourth-order valence-electron chi connectivity index (χ4n) is 5.15. The first-order chi connectivity index (χ1) is 18.5. The Morgan fingerprint density at radius 1 is 1.08 bits per heavy atom. The summed E-state index contributed by atoms with van der Waals surface area (Å²) in [5.74, 6) is 0.235. The molecule has 0 spiro atoms. The summed E-state index contributed by atoms with van der Waals surface area (Å²) in [5.41, 5.74) is 3.39. The second-order valence-corrected chi connectivity index (χ2v) is 10.0. The number of hydrogen-bond donors (Lipinski definition) is 1. The maximum Gasteiger partial charge on any atom is 0.338 e. The van der Waals surface area contributed by atoms with Crippen LogP contribution in [0.25, 0.3) is 27.8 Å². The van der Waals surface area contributed by atoms with Gasteiger partial charge < -0.3 is 14.5 Å². The first-order valence-corrected chi connectivity index (χ1v) is 13.1. The number of allylic oxidation sites excluding steroid dienone is 1. The Bertz CT molecular complexity index is 1940. The number of nitrogens with zero attached hydrogens (tertiary/aromatic N) is 2. The van der Waals surface area contributed by atoms with Crippen LogP contribution in [0, 0.1) is 0 Å². The summed E-state index contributed by atoms with van der Waals surface area (Å²) in [4.78, 5) is 35.8. The largest absolute Gasteiger partial charge is 0.496 e. The van der Waals surface area contributed by atoms with E-state index < -0.39 is 12.0 Å². The van der Waals surface area contributed by atoms with E-state index in [1.165, 1.54) is 11.3 Å². The molecule has 0 bridgehead atoms. The summed E-state index contributed by atoms with van der Waals surface area (Å²) < 4.78 is 13.2. The molecule has 8 heteroatoms. The van der Waals surface area contributed by atoms with E-state index in [1.54, 1.807) is 25.5 Å². The molecule has 0 fully saturated rings. The molecule has 0 aliphatic carbocycles. The van der Waals surface area contributed by atoms with E-state index in [0.29, 0.717) is 20.6 Å². The highest BCUT2D eigenvalue weighted by Gasteiger charge is 2.34. The molecule has 190 valence electrons. The van der Waals surface area contributed by atoms with Crippen LogP contribution in [-0.4, -0.2) is 29.2 Å². The van der Waals surface area contributed by atoms with Gasteiger partial charge in [0.2, 0.25) is 0 Å². The Kier molecular flexibility index (Phi) is 5.96. The predicted molar refractivity (Wildman–Crippen MR) is 149 cm³/mol. The number of nitrogens with one attached hydrogen (secondary N) is 1. The number of aromatic nitrogens is 2. The second-order valence-electron chi connectivity index (χ2n) is 8.99. The number of methoxy groups -OCH3 is 1. The Morgan fingerprint density at radius 2 is 1.82 bits per heavy atom. The Labute approximate surface area is 222 Å². The Hall–Kier alpha value is -4.43. The third kappa shape index (κ3) is 3.76. The SMILES string of the molecule is CCOC(=O)C1=C(C)N=c2s/c(=C\c3c[nH]c4ccccc34)c(=O)n2C1c1ccc(OC)c2ccccc12. The van der Waals surface area contributed by atoms with Crippen molar-refractivity contribution in [2.45, 2.75) is 19.9 Å². The van der Waals surface area contributed by atoms with E-state index in [1.807, 2.05) is 72.9 Å². The average molecular weight is 524 g/mol. The first-order valence-electron chi connectivity index (χ1n) is 12.3. The van der Waals surface area contributed by atoms with Gasteiger partial charge in [-0.3, -0.25) is 9.36 Å². The standard InChI is InChI=1S/C30H25N3O4S/c1-4-37-29(35)26-17(2)32-30-33(27(26)22-13-14-24(36-3)21-11-6-5-10-20(21)22)28(34)25(38-30)15-18-16-31-23-12-8-7-9-19(18)23/h5-16,27,31H,4H2,1-3H3/b25-15-. The van der Waals surface area contributed by atoms with Gasteiger partial charge in [0.15, 0.2) is 4.80 Å². The number of H-pyrrole nitrogens is 1. The lowest BCUT2D eigenvalue weighted by Gasteiger charge is -2.26. The van der Waals surface area contributed by atoms with Crippen molar-refractivity contribution in [1.29, 1.82) is 0 Å². The van der Waals surface area contributed by atoms with Crippen molar-refractivity contribution >= 4 is 45.1 Å². The van der Waals surface area contributed by atoms with Crippen molar-refractivity contribution in [3.05, 3.63) is 109 Å². The first kappa shape index (κ1) is 23.9. The smallest absolute Gasteiger partial charge is 0.338 e. The molecule has 1 aliphatic rings. The number of thiazole rings is 1. The highest BCUT2D eigenvalue weighted by Crippen LogP contribution is 2.37. The predicted octanol–water partition coefficient (Wildman–Crippen LogP) is 4.44. The van der Waals surface area contributed by atoms with Gasteiger partial charge in [0.05, 0.1) is 35.6 Å². The van der Waals surface area contributed by atoms with Gasteiger partial charge in [0.1, 0.15) is 5.75 Å². The van der Waals surface area contributed by atoms with Crippen LogP contribution in [0.2, 0.25) is 0 Å². The van der Waals surface area contributed by atoms with E-state index in [2.05, 4.69) is 4.98 Å². The lowest BCUT2D eigenvalue weighted by molar-refractivity contribution is -0.139. The number of benzene rings is 3. The Morgan fingerprint density at radius 3 is 2.58 bits per heavy atom. The van der Waals surface area contributed by atoms with Gasteiger partial charge in [0, 0.05) is 28.0 Å². The molecule has 0 saturated carbocycles. The zero-order valence-corrected chi connectivity index (χ0v) is 22.0. The monoisotopic (exact) mass is 523 g/mol. The Balaban J connectivity index is 1.64. The highest BCUT2D eigenvalue weighted by molar-refractivity contribution is 7.07. The average Bonchev–Trinajstić information content (AvgIpc) is 3.48. The molecule has 1 aliphatic heterocycles. The third-order valence-corrected chi connectivity index (χ3v) is 7.84. The van der Waals surface area contributed by atoms with Gasteiger partial charge in [-0.25, -0.2) is 9.79 Å². The summed E-state index contributed by atoms with van der Waals surface area (Å²) in [5, 5.41) is 2.81. The van der Waals surface area contributed by atoms with Gasteiger partial charge in [-0.2, -0.15) is 0 Å². The summed E-state index contributed by atoms with van der Waals surface area (Å²) in [6.45, 7) is 3.78. The number of esters is 1. The molecule has 0 amide bonds. The zero-order chi connectivity index (χ0) is 26.4. The number of fused-ring (bicyclic) bond motifs is 3. The number of hydrogen-bond acceptors (Lipinski definition) is 6. The fourth-order valence-corrected chi connectivity index (χ4v) is 6.19. The van der Waals surface area contributed by atoms with Crippen molar-refractivity contribution in [3.63, 3.8) is 0 Å². The molecular formula is C30H25N3O4S. The number of ether oxygens (including phenoxy) is 2. The molecule has 6 rings (SSSR count). The molecule has 0 saturated heterocycles. The molecule has 1 atom stereocenters. The van der Waals surface area contributed by atoms with E-state index in [9.17, 15) is 9.59 Å². The summed E-state index contributed by atoms with van der Waals surface area (Å²) in [6.07, 6.45) is 3.78. The molecule has 7 nitrogen and oxygen atoms in total. The van der Waals surface area contributed by atoms with Crippen molar-refractivity contribution in [2.24, 2.45) is 4.99 Å². The minimum Gasteiger partial charge on any atom is -0.496 e. The van der Waals surface area contributed by atoms with Crippen molar-refractivity contribution in [1.82, 2.24) is 9.55 Å². The van der Waals surface area contributed by atoms with Gasteiger partial charge in [0.25, 0.3) is 5.56 Å². The number of carbonyl (C=O) groups is 1. The van der Waals surface area contributed by atoms with Crippen molar-refractivity contribution in [3.8, 4) is 5.75 Å². The normalized spacial score (nSPS) is 15.6. The van der Waals surface area contributed by atoms with Crippen LogP contribution in [0.3, 0.4) is 0 Å². The van der Waals surface area contributed by atoms with E-state index in [-0.39, 0.29) is 12.2 Å². The van der Waals surface area contributed by atoms with E-state index in [0.717, 1.165) is 38.6 Å². The van der Waals surface area contributed by atoms with E-state index >= 15 is 0 Å². The molecule has 5 aromatic rings. The lowest BCUT2D eigenvalue weighted by atomic mass is 9.91. The van der Waals surface area contributed by atoms with Crippen LogP contribution in [0.15, 0.2) is 87.9 Å². The summed E-state index contributed by atoms with van der Waals surface area (Å²) >= 11 is 1.31. The lowest BCUT2D eigenvalue weighted by Crippen LogP contribution is -2.40. The number of aromatic amines is 1. The topological polar surface area (TPSA) is 85.7 Å². The van der Waals surface area contributed by atoms with Crippen LogP contribution in [0.5, 0.6) is 5.75 Å². The van der Waals surface area contributed by atoms with Gasteiger partial charge >= 0.3 is 5.97 Å². The molecule has 1 N–H and O–H groups in total. The zero-order valence-electron chi connectivity index (χ0n) is 21.1. The third-order valence-electron chi connectivity index (χ3n) is 6.86. The van der Waals surface area contributed by atoms with Crippen LogP contribution in [0.1, 0.15) is 31.0 Å².